The van der Waals surface area contributed by atoms with Crippen molar-refractivity contribution in [2.45, 2.75) is 13.3 Å². The lowest BCUT2D eigenvalue weighted by molar-refractivity contribution is 0.0696. The summed E-state index contributed by atoms with van der Waals surface area (Å²) in [7, 11) is 0. The minimum atomic E-state index is -1.00. The fourth-order valence-corrected chi connectivity index (χ4v) is 1.85. The largest absolute Gasteiger partial charge is 0.494 e. The van der Waals surface area contributed by atoms with Gasteiger partial charge in [0.2, 0.25) is 0 Å². The number of rotatable bonds is 6. The summed E-state index contributed by atoms with van der Waals surface area (Å²) in [5.41, 5.74) is 1.19. The van der Waals surface area contributed by atoms with E-state index in [2.05, 4.69) is 5.32 Å². The van der Waals surface area contributed by atoms with E-state index in [-0.39, 0.29) is 11.5 Å². The Kier molecular flexibility index (Phi) is 5.14. The van der Waals surface area contributed by atoms with Gasteiger partial charge in [0.1, 0.15) is 5.75 Å². The lowest BCUT2D eigenvalue weighted by Gasteiger charge is -2.08. The number of hydrogen-bond acceptors (Lipinski definition) is 3. The van der Waals surface area contributed by atoms with E-state index < -0.39 is 5.97 Å². The maximum absolute atomic E-state index is 12.2. The molecule has 2 N–H and O–H groups in total. The third-order valence-corrected chi connectivity index (χ3v) is 2.96. The lowest BCUT2D eigenvalue weighted by Crippen LogP contribution is -2.12. The molecule has 114 valence electrons. The third-order valence-electron chi connectivity index (χ3n) is 2.96. The zero-order valence-corrected chi connectivity index (χ0v) is 12.2. The Bertz CT molecular complexity index is 665. The number of nitrogens with one attached hydrogen (secondary N) is 1. The number of carbonyl (C=O) groups excluding carboxylic acids is 1. The summed E-state index contributed by atoms with van der Waals surface area (Å²) in [6.45, 7) is 2.61. The molecule has 0 radical (unpaired) electrons. The molecule has 0 saturated carbocycles. The molecule has 5 nitrogen and oxygen atoms in total. The standard InChI is InChI=1S/C17H17NO4/c1-2-10-22-15-5-3-4-13(11-15)16(19)18-14-8-6-12(7-9-14)17(20)21/h3-9,11H,2,10H2,1H3,(H,18,19)(H,20,21). The van der Waals surface area contributed by atoms with Gasteiger partial charge in [0.15, 0.2) is 0 Å². The summed E-state index contributed by atoms with van der Waals surface area (Å²) in [4.78, 5) is 23.0. The first-order chi connectivity index (χ1) is 10.6. The Hall–Kier alpha value is -2.82. The second-order valence-electron chi connectivity index (χ2n) is 4.71. The summed E-state index contributed by atoms with van der Waals surface area (Å²) >= 11 is 0. The molecule has 5 heteroatoms. The summed E-state index contributed by atoms with van der Waals surface area (Å²) in [6.07, 6.45) is 0.895. The average molecular weight is 299 g/mol. The minimum absolute atomic E-state index is 0.174. The van der Waals surface area contributed by atoms with Crippen LogP contribution in [0.25, 0.3) is 0 Å². The van der Waals surface area contributed by atoms with Crippen molar-refractivity contribution in [1.29, 1.82) is 0 Å². The molecule has 0 heterocycles. The predicted molar refractivity (Wildman–Crippen MR) is 83.6 cm³/mol. The van der Waals surface area contributed by atoms with E-state index in [0.717, 1.165) is 6.42 Å². The monoisotopic (exact) mass is 299 g/mol. The van der Waals surface area contributed by atoms with E-state index in [0.29, 0.717) is 23.6 Å². The molecule has 2 aromatic rings. The number of carbonyl (C=O) groups is 2. The normalized spacial score (nSPS) is 10.0. The molecule has 0 aromatic heterocycles. The molecule has 0 aliphatic carbocycles. The van der Waals surface area contributed by atoms with Crippen LogP contribution in [0.5, 0.6) is 5.75 Å². The van der Waals surface area contributed by atoms with E-state index >= 15 is 0 Å². The van der Waals surface area contributed by atoms with Gasteiger partial charge in [-0.05, 0) is 48.9 Å². The van der Waals surface area contributed by atoms with Crippen LogP contribution in [0.2, 0.25) is 0 Å². The summed E-state index contributed by atoms with van der Waals surface area (Å²) in [6, 6.07) is 12.9. The summed E-state index contributed by atoms with van der Waals surface area (Å²) < 4.78 is 5.49. The molecule has 0 atom stereocenters. The van der Waals surface area contributed by atoms with Crippen LogP contribution in [-0.4, -0.2) is 23.6 Å². The smallest absolute Gasteiger partial charge is 0.335 e. The van der Waals surface area contributed by atoms with Gasteiger partial charge in [-0.2, -0.15) is 0 Å². The zero-order valence-electron chi connectivity index (χ0n) is 12.2. The highest BCUT2D eigenvalue weighted by Gasteiger charge is 2.08. The van der Waals surface area contributed by atoms with Crippen molar-refractivity contribution in [3.63, 3.8) is 0 Å². The molecule has 0 unspecified atom stereocenters. The van der Waals surface area contributed by atoms with Crippen molar-refractivity contribution in [2.24, 2.45) is 0 Å². The predicted octanol–water partition coefficient (Wildman–Crippen LogP) is 3.43. The van der Waals surface area contributed by atoms with Crippen LogP contribution >= 0.6 is 0 Å². The highest BCUT2D eigenvalue weighted by molar-refractivity contribution is 6.04. The van der Waals surface area contributed by atoms with E-state index in [1.54, 1.807) is 36.4 Å². The molecular formula is C17H17NO4. The fourth-order valence-electron chi connectivity index (χ4n) is 1.85. The number of ether oxygens (including phenoxy) is 1. The third kappa shape index (κ3) is 4.09. The van der Waals surface area contributed by atoms with E-state index in [1.165, 1.54) is 12.1 Å². The van der Waals surface area contributed by atoms with Crippen molar-refractivity contribution in [3.05, 3.63) is 59.7 Å². The molecule has 1 amide bonds. The second kappa shape index (κ2) is 7.26. The van der Waals surface area contributed by atoms with Gasteiger partial charge >= 0.3 is 5.97 Å². The van der Waals surface area contributed by atoms with Crippen LogP contribution in [0.4, 0.5) is 5.69 Å². The van der Waals surface area contributed by atoms with Gasteiger partial charge in [0.25, 0.3) is 5.91 Å². The number of carboxylic acid groups (broad SMARTS) is 1. The first-order valence-electron chi connectivity index (χ1n) is 6.97. The van der Waals surface area contributed by atoms with Crippen molar-refractivity contribution < 1.29 is 19.4 Å². The van der Waals surface area contributed by atoms with Gasteiger partial charge in [-0.1, -0.05) is 13.0 Å². The Morgan fingerprint density at radius 1 is 1.09 bits per heavy atom. The highest BCUT2D eigenvalue weighted by Crippen LogP contribution is 2.16. The maximum atomic E-state index is 12.2. The van der Waals surface area contributed by atoms with Gasteiger partial charge in [0, 0.05) is 11.3 Å². The molecule has 0 bridgehead atoms. The highest BCUT2D eigenvalue weighted by atomic mass is 16.5. The number of amides is 1. The summed E-state index contributed by atoms with van der Waals surface area (Å²) in [5, 5.41) is 11.6. The topological polar surface area (TPSA) is 75.6 Å². The molecular weight excluding hydrogens is 282 g/mol. The number of hydrogen-bond donors (Lipinski definition) is 2. The van der Waals surface area contributed by atoms with Gasteiger partial charge in [-0.15, -0.1) is 0 Å². The lowest BCUT2D eigenvalue weighted by atomic mass is 10.1. The zero-order chi connectivity index (χ0) is 15.9. The fraction of sp³-hybridized carbons (Fsp3) is 0.176. The van der Waals surface area contributed by atoms with E-state index in [9.17, 15) is 9.59 Å². The number of aromatic carboxylic acids is 1. The van der Waals surface area contributed by atoms with E-state index in [4.69, 9.17) is 9.84 Å². The van der Waals surface area contributed by atoms with Crippen molar-refractivity contribution >= 4 is 17.6 Å². The van der Waals surface area contributed by atoms with Crippen LogP contribution in [0.1, 0.15) is 34.1 Å². The maximum Gasteiger partial charge on any atom is 0.335 e. The van der Waals surface area contributed by atoms with E-state index in [1.807, 2.05) is 6.92 Å². The molecule has 0 saturated heterocycles. The number of anilines is 1. The number of benzene rings is 2. The molecule has 0 spiro atoms. The Morgan fingerprint density at radius 2 is 1.82 bits per heavy atom. The van der Waals surface area contributed by atoms with Crippen molar-refractivity contribution in [3.8, 4) is 5.75 Å². The molecule has 0 aliphatic rings. The van der Waals surface area contributed by atoms with Gasteiger partial charge in [-0.3, -0.25) is 4.79 Å². The van der Waals surface area contributed by atoms with Crippen LogP contribution in [0.3, 0.4) is 0 Å². The van der Waals surface area contributed by atoms with Crippen LogP contribution in [0.15, 0.2) is 48.5 Å². The van der Waals surface area contributed by atoms with Crippen molar-refractivity contribution in [1.82, 2.24) is 0 Å². The van der Waals surface area contributed by atoms with Gasteiger partial charge in [-0.25, -0.2) is 4.79 Å². The van der Waals surface area contributed by atoms with Gasteiger partial charge in [0.05, 0.1) is 12.2 Å². The van der Waals surface area contributed by atoms with Crippen LogP contribution < -0.4 is 10.1 Å². The Morgan fingerprint density at radius 3 is 2.45 bits per heavy atom. The molecule has 0 aliphatic heterocycles. The Balaban J connectivity index is 2.06. The van der Waals surface area contributed by atoms with Gasteiger partial charge < -0.3 is 15.2 Å². The van der Waals surface area contributed by atoms with Crippen LogP contribution in [-0.2, 0) is 0 Å². The molecule has 0 fully saturated rings. The quantitative estimate of drug-likeness (QED) is 0.857. The van der Waals surface area contributed by atoms with Crippen LogP contribution in [0, 0.1) is 0 Å². The SMILES string of the molecule is CCCOc1cccc(C(=O)Nc2ccc(C(=O)O)cc2)c1. The minimum Gasteiger partial charge on any atom is -0.494 e. The second-order valence-corrected chi connectivity index (χ2v) is 4.71. The van der Waals surface area contributed by atoms with Crippen molar-refractivity contribution in [2.75, 3.05) is 11.9 Å². The Labute approximate surface area is 128 Å². The number of carboxylic acids is 1. The summed E-state index contributed by atoms with van der Waals surface area (Å²) in [5.74, 6) is -0.626. The molecule has 2 rings (SSSR count). The molecule has 2 aromatic carbocycles. The first kappa shape index (κ1) is 15.6. The average Bonchev–Trinajstić information content (AvgIpc) is 2.53. The first-order valence-corrected chi connectivity index (χ1v) is 6.97. The molecule has 22 heavy (non-hydrogen) atoms.